The van der Waals surface area contributed by atoms with Crippen LogP contribution in [0.4, 0.5) is 14.9 Å². The highest BCUT2D eigenvalue weighted by Crippen LogP contribution is 2.32. The van der Waals surface area contributed by atoms with E-state index in [1.54, 1.807) is 24.4 Å². The number of nitrogens with zero attached hydrogens (tertiary/aromatic N) is 6. The Bertz CT molecular complexity index is 1060. The van der Waals surface area contributed by atoms with Crippen molar-refractivity contribution in [3.05, 3.63) is 54.1 Å². The Balaban J connectivity index is 1.35. The second kappa shape index (κ2) is 7.89. The molecule has 156 valence electrons. The lowest BCUT2D eigenvalue weighted by Gasteiger charge is -2.35. The first-order valence-electron chi connectivity index (χ1n) is 10.5. The van der Waals surface area contributed by atoms with Gasteiger partial charge in [-0.15, -0.1) is 10.2 Å². The molecule has 1 N–H and O–H groups in total. The minimum Gasteiger partial charge on any atom is -0.314 e. The molecule has 1 aromatic carbocycles. The number of likely N-dealkylation sites (tertiary alicyclic amines) is 1. The molecule has 0 radical (unpaired) electrons. The number of nitrogens with one attached hydrogen (secondary N) is 1. The van der Waals surface area contributed by atoms with Crippen LogP contribution in [-0.2, 0) is 13.0 Å². The van der Waals surface area contributed by atoms with E-state index in [0.29, 0.717) is 17.9 Å². The third-order valence-corrected chi connectivity index (χ3v) is 5.88. The fraction of sp³-hybridized carbons (Fsp3) is 0.429. The van der Waals surface area contributed by atoms with Crippen molar-refractivity contribution in [3.63, 3.8) is 0 Å². The molecule has 8 nitrogen and oxygen atoms in total. The van der Waals surface area contributed by atoms with Gasteiger partial charge in [0.2, 0.25) is 0 Å². The smallest absolute Gasteiger partial charge is 0.314 e. The van der Waals surface area contributed by atoms with Crippen LogP contribution in [0.25, 0.3) is 5.69 Å². The molecule has 9 heteroatoms. The fourth-order valence-corrected chi connectivity index (χ4v) is 4.37. The Morgan fingerprint density at radius 2 is 1.97 bits per heavy atom. The van der Waals surface area contributed by atoms with E-state index in [1.807, 2.05) is 4.90 Å². The van der Waals surface area contributed by atoms with Crippen molar-refractivity contribution in [1.82, 2.24) is 29.4 Å². The van der Waals surface area contributed by atoms with E-state index in [9.17, 15) is 9.18 Å². The summed E-state index contributed by atoms with van der Waals surface area (Å²) in [7, 11) is 0. The van der Waals surface area contributed by atoms with Gasteiger partial charge in [0, 0.05) is 19.5 Å². The van der Waals surface area contributed by atoms with Crippen molar-refractivity contribution in [2.45, 2.75) is 51.1 Å². The summed E-state index contributed by atoms with van der Waals surface area (Å²) >= 11 is 0. The molecule has 2 aliphatic rings. The number of amides is 2. The zero-order chi connectivity index (χ0) is 20.5. The van der Waals surface area contributed by atoms with E-state index >= 15 is 0 Å². The van der Waals surface area contributed by atoms with Gasteiger partial charge in [0.15, 0.2) is 5.82 Å². The van der Waals surface area contributed by atoms with Gasteiger partial charge in [0.25, 0.3) is 0 Å². The number of hydrogen-bond donors (Lipinski definition) is 1. The maximum atomic E-state index is 14.0. The molecule has 2 aromatic heterocycles. The van der Waals surface area contributed by atoms with E-state index in [4.69, 9.17) is 0 Å². The number of benzene rings is 1. The number of anilines is 1. The molecule has 0 bridgehead atoms. The largest absolute Gasteiger partial charge is 0.322 e. The number of piperidine rings is 1. The van der Waals surface area contributed by atoms with E-state index < -0.39 is 0 Å². The van der Waals surface area contributed by atoms with Crippen LogP contribution in [-0.4, -0.2) is 42.0 Å². The summed E-state index contributed by atoms with van der Waals surface area (Å²) in [5, 5.41) is 15.9. The van der Waals surface area contributed by atoms with Crippen LogP contribution in [0, 0.1) is 5.82 Å². The van der Waals surface area contributed by atoms with Crippen LogP contribution >= 0.6 is 0 Å². The summed E-state index contributed by atoms with van der Waals surface area (Å²) in [6.45, 7) is 1.58. The number of urea groups is 1. The summed E-state index contributed by atoms with van der Waals surface area (Å²) in [5.74, 6) is 1.54. The van der Waals surface area contributed by atoms with Crippen molar-refractivity contribution in [1.29, 1.82) is 0 Å². The van der Waals surface area contributed by atoms with Crippen LogP contribution in [0.2, 0.25) is 0 Å². The zero-order valence-electron chi connectivity index (χ0n) is 16.7. The molecule has 0 saturated carbocycles. The van der Waals surface area contributed by atoms with Gasteiger partial charge >= 0.3 is 6.03 Å². The molecule has 30 heavy (non-hydrogen) atoms. The number of fused-ring (bicyclic) bond motifs is 1. The Hall–Kier alpha value is -3.23. The standard InChI is InChI=1S/C21H24FN7O/c22-16-7-1-2-8-17(16)29-14-15(13-23-29)24-21(30)27-11-5-3-9-18(27)20-26-25-19-10-4-6-12-28(19)20/h1-2,7-8,13-14,18H,3-6,9-12H2,(H,24,30)/t18-/m1/s1. The third-order valence-electron chi connectivity index (χ3n) is 5.88. The van der Waals surface area contributed by atoms with Gasteiger partial charge in [-0.2, -0.15) is 5.10 Å². The highest BCUT2D eigenvalue weighted by Gasteiger charge is 2.33. The van der Waals surface area contributed by atoms with Crippen molar-refractivity contribution < 1.29 is 9.18 Å². The van der Waals surface area contributed by atoms with Crippen LogP contribution in [0.15, 0.2) is 36.7 Å². The van der Waals surface area contributed by atoms with Gasteiger partial charge in [0.05, 0.1) is 24.1 Å². The Morgan fingerprint density at radius 1 is 1.10 bits per heavy atom. The molecule has 2 aliphatic heterocycles. The number of halogens is 1. The Kier molecular flexibility index (Phi) is 4.94. The molecule has 0 spiro atoms. The first kappa shape index (κ1) is 18.8. The molecule has 1 fully saturated rings. The summed E-state index contributed by atoms with van der Waals surface area (Å²) in [5.41, 5.74) is 0.861. The van der Waals surface area contributed by atoms with Crippen LogP contribution in [0.3, 0.4) is 0 Å². The van der Waals surface area contributed by atoms with Crippen molar-refractivity contribution in [2.24, 2.45) is 0 Å². The second-order valence-electron chi connectivity index (χ2n) is 7.84. The number of aryl methyl sites for hydroxylation is 1. The lowest BCUT2D eigenvalue weighted by atomic mass is 10.0. The lowest BCUT2D eigenvalue weighted by molar-refractivity contribution is 0.156. The second-order valence-corrected chi connectivity index (χ2v) is 7.84. The molecule has 4 heterocycles. The van der Waals surface area contributed by atoms with E-state index in [1.165, 1.54) is 16.9 Å². The van der Waals surface area contributed by atoms with Gasteiger partial charge in [-0.25, -0.2) is 13.9 Å². The predicted molar refractivity (Wildman–Crippen MR) is 109 cm³/mol. The van der Waals surface area contributed by atoms with Crippen LogP contribution in [0.1, 0.15) is 49.8 Å². The molecular weight excluding hydrogens is 385 g/mol. The number of carbonyl (C=O) groups excluding carboxylic acids is 1. The minimum atomic E-state index is -0.369. The number of rotatable bonds is 3. The molecule has 0 unspecified atom stereocenters. The fourth-order valence-electron chi connectivity index (χ4n) is 4.37. The number of hydrogen-bond acceptors (Lipinski definition) is 4. The molecule has 2 amide bonds. The predicted octanol–water partition coefficient (Wildman–Crippen LogP) is 3.70. The summed E-state index contributed by atoms with van der Waals surface area (Å²) in [6, 6.07) is 6.12. The molecular formula is C21H24FN7O. The van der Waals surface area contributed by atoms with Gasteiger partial charge in [-0.05, 0) is 44.2 Å². The highest BCUT2D eigenvalue weighted by atomic mass is 19.1. The summed E-state index contributed by atoms with van der Waals surface area (Å²) in [4.78, 5) is 14.9. The first-order valence-corrected chi connectivity index (χ1v) is 10.5. The number of para-hydroxylation sites is 1. The monoisotopic (exact) mass is 409 g/mol. The summed E-state index contributed by atoms with van der Waals surface area (Å²) < 4.78 is 17.6. The number of aromatic nitrogens is 5. The molecule has 3 aromatic rings. The van der Waals surface area contributed by atoms with Crippen molar-refractivity contribution >= 4 is 11.7 Å². The van der Waals surface area contributed by atoms with Gasteiger partial charge in [-0.1, -0.05) is 12.1 Å². The van der Waals surface area contributed by atoms with Gasteiger partial charge < -0.3 is 14.8 Å². The van der Waals surface area contributed by atoms with E-state index in [2.05, 4.69) is 25.2 Å². The molecule has 1 atom stereocenters. The van der Waals surface area contributed by atoms with E-state index in [-0.39, 0.29) is 17.9 Å². The number of carbonyl (C=O) groups is 1. The maximum absolute atomic E-state index is 14.0. The molecule has 1 saturated heterocycles. The van der Waals surface area contributed by atoms with E-state index in [0.717, 1.165) is 56.7 Å². The SMILES string of the molecule is O=C(Nc1cnn(-c2ccccc2F)c1)N1CCCC[C@@H]1c1nnc2n1CCCC2. The normalized spacial score (nSPS) is 18.8. The quantitative estimate of drug-likeness (QED) is 0.715. The van der Waals surface area contributed by atoms with Crippen LogP contribution in [0.5, 0.6) is 0 Å². The Labute approximate surface area is 173 Å². The van der Waals surface area contributed by atoms with Crippen molar-refractivity contribution in [2.75, 3.05) is 11.9 Å². The molecule has 5 rings (SSSR count). The van der Waals surface area contributed by atoms with Gasteiger partial charge in [-0.3, -0.25) is 0 Å². The topological polar surface area (TPSA) is 80.9 Å². The zero-order valence-corrected chi connectivity index (χ0v) is 16.7. The average Bonchev–Trinajstić information content (AvgIpc) is 3.41. The minimum absolute atomic E-state index is 0.0836. The van der Waals surface area contributed by atoms with Crippen LogP contribution < -0.4 is 5.32 Å². The lowest BCUT2D eigenvalue weighted by Crippen LogP contribution is -2.42. The maximum Gasteiger partial charge on any atom is 0.322 e. The average molecular weight is 409 g/mol. The highest BCUT2D eigenvalue weighted by molar-refractivity contribution is 5.89. The van der Waals surface area contributed by atoms with Crippen molar-refractivity contribution in [3.8, 4) is 5.69 Å². The Morgan fingerprint density at radius 3 is 2.87 bits per heavy atom. The molecule has 0 aliphatic carbocycles. The van der Waals surface area contributed by atoms with Gasteiger partial charge in [0.1, 0.15) is 17.3 Å². The summed E-state index contributed by atoms with van der Waals surface area (Å²) in [6.07, 6.45) is 9.24. The third kappa shape index (κ3) is 3.44. The first-order chi connectivity index (χ1) is 14.7.